The molecule has 0 saturated carbocycles. The lowest BCUT2D eigenvalue weighted by atomic mass is 10.0. The first-order valence-electron chi connectivity index (χ1n) is 4.88. The standard InChI is InChI=1S/C11H14ClNO/c1-7(2)8-5-11-10(6-9(8)12)13-3-4-14-11/h5-7,13H,3-4H2,1-2H3. The van der Waals surface area contributed by atoms with Crippen LogP contribution in [-0.2, 0) is 0 Å². The summed E-state index contributed by atoms with van der Waals surface area (Å²) >= 11 is 6.16. The number of rotatable bonds is 1. The molecule has 1 aliphatic rings. The van der Waals surface area contributed by atoms with Gasteiger partial charge in [0.25, 0.3) is 0 Å². The molecule has 0 atom stereocenters. The van der Waals surface area contributed by atoms with Gasteiger partial charge in [-0.3, -0.25) is 0 Å². The maximum Gasteiger partial charge on any atom is 0.142 e. The lowest BCUT2D eigenvalue weighted by molar-refractivity contribution is 0.323. The summed E-state index contributed by atoms with van der Waals surface area (Å²) in [4.78, 5) is 0. The molecule has 0 aromatic heterocycles. The zero-order valence-corrected chi connectivity index (χ0v) is 9.19. The minimum absolute atomic E-state index is 0.429. The number of fused-ring (bicyclic) bond motifs is 1. The van der Waals surface area contributed by atoms with Crippen LogP contribution in [0.25, 0.3) is 0 Å². The lowest BCUT2D eigenvalue weighted by Crippen LogP contribution is -2.18. The lowest BCUT2D eigenvalue weighted by Gasteiger charge is -2.21. The molecule has 1 heterocycles. The van der Waals surface area contributed by atoms with Crippen molar-refractivity contribution in [3.8, 4) is 5.75 Å². The Morgan fingerprint density at radius 2 is 2.21 bits per heavy atom. The Balaban J connectivity index is 2.45. The Morgan fingerprint density at radius 3 is 2.93 bits per heavy atom. The molecule has 1 N–H and O–H groups in total. The van der Waals surface area contributed by atoms with Gasteiger partial charge in [0.15, 0.2) is 0 Å². The quantitative estimate of drug-likeness (QED) is 0.770. The molecule has 2 nitrogen and oxygen atoms in total. The van der Waals surface area contributed by atoms with E-state index >= 15 is 0 Å². The fraction of sp³-hybridized carbons (Fsp3) is 0.455. The highest BCUT2D eigenvalue weighted by molar-refractivity contribution is 6.31. The third-order valence-electron chi connectivity index (χ3n) is 2.40. The molecule has 2 rings (SSSR count). The predicted octanol–water partition coefficient (Wildman–Crippen LogP) is 3.27. The number of ether oxygens (including phenoxy) is 1. The largest absolute Gasteiger partial charge is 0.490 e. The molecule has 1 aromatic rings. The summed E-state index contributed by atoms with van der Waals surface area (Å²) in [5, 5.41) is 4.08. The van der Waals surface area contributed by atoms with Crippen LogP contribution in [0.1, 0.15) is 25.3 Å². The summed E-state index contributed by atoms with van der Waals surface area (Å²) in [5.41, 5.74) is 2.15. The molecule has 0 aliphatic carbocycles. The second-order valence-corrected chi connectivity index (χ2v) is 4.21. The van der Waals surface area contributed by atoms with E-state index in [1.807, 2.05) is 12.1 Å². The number of benzene rings is 1. The molecular weight excluding hydrogens is 198 g/mol. The van der Waals surface area contributed by atoms with E-state index in [2.05, 4.69) is 19.2 Å². The van der Waals surface area contributed by atoms with Crippen molar-refractivity contribution in [2.24, 2.45) is 0 Å². The highest BCUT2D eigenvalue weighted by Crippen LogP contribution is 2.36. The van der Waals surface area contributed by atoms with Crippen LogP contribution in [0, 0.1) is 0 Å². The van der Waals surface area contributed by atoms with Crippen molar-refractivity contribution < 1.29 is 4.74 Å². The third-order valence-corrected chi connectivity index (χ3v) is 2.72. The van der Waals surface area contributed by atoms with E-state index in [0.717, 1.165) is 35.2 Å². The summed E-state index contributed by atoms with van der Waals surface area (Å²) < 4.78 is 5.55. The Hall–Kier alpha value is -0.890. The molecule has 0 fully saturated rings. The van der Waals surface area contributed by atoms with Gasteiger partial charge in [-0.15, -0.1) is 0 Å². The predicted molar refractivity (Wildman–Crippen MR) is 59.5 cm³/mol. The van der Waals surface area contributed by atoms with Crippen LogP contribution >= 0.6 is 11.6 Å². The molecule has 0 amide bonds. The van der Waals surface area contributed by atoms with E-state index in [0.29, 0.717) is 5.92 Å². The van der Waals surface area contributed by atoms with Gasteiger partial charge in [0.2, 0.25) is 0 Å². The summed E-state index contributed by atoms with van der Waals surface area (Å²) in [5.74, 6) is 1.35. The van der Waals surface area contributed by atoms with Crippen molar-refractivity contribution in [1.82, 2.24) is 0 Å². The van der Waals surface area contributed by atoms with E-state index < -0.39 is 0 Å². The van der Waals surface area contributed by atoms with Gasteiger partial charge in [-0.1, -0.05) is 25.4 Å². The second-order valence-electron chi connectivity index (χ2n) is 3.80. The fourth-order valence-corrected chi connectivity index (χ4v) is 2.00. The van der Waals surface area contributed by atoms with Crippen LogP contribution in [0.2, 0.25) is 5.02 Å². The van der Waals surface area contributed by atoms with E-state index in [9.17, 15) is 0 Å². The van der Waals surface area contributed by atoms with E-state index in [-0.39, 0.29) is 0 Å². The molecule has 0 spiro atoms. The molecule has 14 heavy (non-hydrogen) atoms. The van der Waals surface area contributed by atoms with Crippen LogP contribution in [0.3, 0.4) is 0 Å². The molecule has 0 bridgehead atoms. The van der Waals surface area contributed by atoms with Crippen molar-refractivity contribution in [2.45, 2.75) is 19.8 Å². The van der Waals surface area contributed by atoms with E-state index in [1.54, 1.807) is 0 Å². The Bertz CT molecular complexity index is 349. The number of halogens is 1. The normalized spacial score (nSPS) is 14.6. The van der Waals surface area contributed by atoms with Gasteiger partial charge in [0.05, 0.1) is 5.69 Å². The molecule has 1 aromatic carbocycles. The third kappa shape index (κ3) is 1.67. The molecular formula is C11H14ClNO. The average molecular weight is 212 g/mol. The van der Waals surface area contributed by atoms with Crippen molar-refractivity contribution in [3.63, 3.8) is 0 Å². The Kier molecular flexibility index (Phi) is 2.55. The zero-order valence-electron chi connectivity index (χ0n) is 8.43. The van der Waals surface area contributed by atoms with Crippen LogP contribution in [0.5, 0.6) is 5.75 Å². The van der Waals surface area contributed by atoms with Crippen molar-refractivity contribution in [1.29, 1.82) is 0 Å². The number of anilines is 1. The van der Waals surface area contributed by atoms with Gasteiger partial charge in [-0.25, -0.2) is 0 Å². The minimum Gasteiger partial charge on any atom is -0.490 e. The minimum atomic E-state index is 0.429. The van der Waals surface area contributed by atoms with Gasteiger partial charge in [-0.05, 0) is 23.6 Å². The molecule has 3 heteroatoms. The zero-order chi connectivity index (χ0) is 10.1. The first kappa shape index (κ1) is 9.66. The molecule has 76 valence electrons. The van der Waals surface area contributed by atoms with Crippen molar-refractivity contribution in [3.05, 3.63) is 22.7 Å². The summed E-state index contributed by atoms with van der Waals surface area (Å²) in [7, 11) is 0. The van der Waals surface area contributed by atoms with Gasteiger partial charge < -0.3 is 10.1 Å². The van der Waals surface area contributed by atoms with Gasteiger partial charge >= 0.3 is 0 Å². The van der Waals surface area contributed by atoms with Crippen molar-refractivity contribution >= 4 is 17.3 Å². The van der Waals surface area contributed by atoms with Crippen LogP contribution in [0.15, 0.2) is 12.1 Å². The highest BCUT2D eigenvalue weighted by Gasteiger charge is 2.14. The summed E-state index contributed by atoms with van der Waals surface area (Å²) in [6.07, 6.45) is 0. The molecule has 0 saturated heterocycles. The summed E-state index contributed by atoms with van der Waals surface area (Å²) in [6, 6.07) is 3.99. The number of nitrogens with one attached hydrogen (secondary N) is 1. The first-order chi connectivity index (χ1) is 6.68. The monoisotopic (exact) mass is 211 g/mol. The van der Waals surface area contributed by atoms with Crippen LogP contribution in [-0.4, -0.2) is 13.2 Å². The van der Waals surface area contributed by atoms with Gasteiger partial charge in [0.1, 0.15) is 12.4 Å². The van der Waals surface area contributed by atoms with Crippen LogP contribution in [0.4, 0.5) is 5.69 Å². The van der Waals surface area contributed by atoms with E-state index in [1.165, 1.54) is 0 Å². The smallest absolute Gasteiger partial charge is 0.142 e. The topological polar surface area (TPSA) is 21.3 Å². The highest BCUT2D eigenvalue weighted by atomic mass is 35.5. The fourth-order valence-electron chi connectivity index (χ4n) is 1.62. The molecule has 0 radical (unpaired) electrons. The number of hydrogen-bond acceptors (Lipinski definition) is 2. The second kappa shape index (κ2) is 3.70. The SMILES string of the molecule is CC(C)c1cc2c(cc1Cl)NCCO2. The molecule has 1 aliphatic heterocycles. The first-order valence-corrected chi connectivity index (χ1v) is 5.26. The average Bonchev–Trinajstić information content (AvgIpc) is 2.16. The summed E-state index contributed by atoms with van der Waals surface area (Å²) in [6.45, 7) is 5.84. The van der Waals surface area contributed by atoms with Gasteiger partial charge in [-0.2, -0.15) is 0 Å². The Labute approximate surface area is 89.2 Å². The molecule has 0 unspecified atom stereocenters. The maximum atomic E-state index is 6.16. The number of hydrogen-bond donors (Lipinski definition) is 1. The van der Waals surface area contributed by atoms with Crippen molar-refractivity contribution in [2.75, 3.05) is 18.5 Å². The van der Waals surface area contributed by atoms with Gasteiger partial charge in [0, 0.05) is 11.6 Å². The Morgan fingerprint density at radius 1 is 1.43 bits per heavy atom. The van der Waals surface area contributed by atoms with E-state index in [4.69, 9.17) is 16.3 Å². The van der Waals surface area contributed by atoms with Crippen LogP contribution < -0.4 is 10.1 Å². The maximum absolute atomic E-state index is 6.16.